The summed E-state index contributed by atoms with van der Waals surface area (Å²) >= 11 is 0. The van der Waals surface area contributed by atoms with Crippen molar-refractivity contribution in [2.75, 3.05) is 13.2 Å². The smallest absolute Gasteiger partial charge is 0.407 e. The van der Waals surface area contributed by atoms with Crippen molar-refractivity contribution in [3.8, 4) is 0 Å². The van der Waals surface area contributed by atoms with Gasteiger partial charge in [0.15, 0.2) is 0 Å². The number of aliphatic hydroxyl groups is 1. The van der Waals surface area contributed by atoms with Crippen molar-refractivity contribution in [3.63, 3.8) is 0 Å². The first-order valence-corrected chi connectivity index (χ1v) is 5.66. The van der Waals surface area contributed by atoms with E-state index in [0.29, 0.717) is 0 Å². The number of nitrogens with one attached hydrogen (secondary N) is 1. The van der Waals surface area contributed by atoms with Crippen LogP contribution in [0.5, 0.6) is 0 Å². The average molecular weight is 237 g/mol. The van der Waals surface area contributed by atoms with Crippen LogP contribution in [-0.4, -0.2) is 24.4 Å². The number of amides is 1. The van der Waals surface area contributed by atoms with Gasteiger partial charge in [0.2, 0.25) is 0 Å². The number of carbonyl (C=O) groups is 1. The first-order chi connectivity index (χ1) is 8.04. The number of aliphatic hydroxyl groups excluding tert-OH is 1. The highest BCUT2D eigenvalue weighted by Crippen LogP contribution is 2.18. The number of hydrogen-bond acceptors (Lipinski definition) is 3. The Morgan fingerprint density at radius 3 is 2.82 bits per heavy atom. The molecule has 1 aromatic rings. The maximum Gasteiger partial charge on any atom is 0.407 e. The van der Waals surface area contributed by atoms with E-state index in [4.69, 9.17) is 9.84 Å². The first-order valence-electron chi connectivity index (χ1n) is 5.66. The molecule has 0 fully saturated rings. The second-order valence-electron chi connectivity index (χ2n) is 4.09. The molecule has 4 heteroatoms. The molecular weight excluding hydrogens is 218 g/mol. The van der Waals surface area contributed by atoms with Gasteiger partial charge in [-0.2, -0.15) is 0 Å². The Labute approximate surface area is 102 Å². The fourth-order valence-electron chi connectivity index (χ4n) is 1.66. The van der Waals surface area contributed by atoms with E-state index in [-0.39, 0.29) is 19.3 Å². The minimum atomic E-state index is -0.507. The van der Waals surface area contributed by atoms with Crippen LogP contribution >= 0.6 is 0 Å². The molecule has 4 nitrogen and oxygen atoms in total. The van der Waals surface area contributed by atoms with Gasteiger partial charge in [0, 0.05) is 0 Å². The molecule has 94 valence electrons. The van der Waals surface area contributed by atoms with Crippen LogP contribution in [0.3, 0.4) is 0 Å². The summed E-state index contributed by atoms with van der Waals surface area (Å²) in [7, 11) is 0. The fourth-order valence-corrected chi connectivity index (χ4v) is 1.66. The zero-order valence-corrected chi connectivity index (χ0v) is 10.5. The highest BCUT2D eigenvalue weighted by Gasteiger charge is 2.12. The van der Waals surface area contributed by atoms with Crippen LogP contribution in [0.4, 0.5) is 4.79 Å². The third-order valence-electron chi connectivity index (χ3n) is 2.56. The molecule has 0 aliphatic carbocycles. The van der Waals surface area contributed by atoms with E-state index in [2.05, 4.69) is 5.32 Å². The van der Waals surface area contributed by atoms with E-state index >= 15 is 0 Å². The lowest BCUT2D eigenvalue weighted by atomic mass is 10.0. The number of alkyl carbamates (subject to hydrolysis) is 1. The number of ether oxygens (including phenoxy) is 1. The van der Waals surface area contributed by atoms with Crippen LogP contribution in [0.2, 0.25) is 0 Å². The Kier molecular flexibility index (Phi) is 4.97. The second-order valence-corrected chi connectivity index (χ2v) is 4.09. The molecule has 0 spiro atoms. The molecule has 1 aromatic carbocycles. The summed E-state index contributed by atoms with van der Waals surface area (Å²) in [5, 5.41) is 11.3. The number of hydrogen-bond donors (Lipinski definition) is 2. The van der Waals surface area contributed by atoms with E-state index in [1.165, 1.54) is 0 Å². The summed E-state index contributed by atoms with van der Waals surface area (Å²) in [6.45, 7) is 5.78. The van der Waals surface area contributed by atoms with E-state index in [1.54, 1.807) is 0 Å². The standard InChI is InChI=1S/C13H19NO3/c1-9-4-5-10(2)12(8-9)11(3)14-13(16)17-7-6-15/h4-5,8,11,15H,6-7H2,1-3H3,(H,14,16). The molecule has 1 rings (SSSR count). The zero-order valence-electron chi connectivity index (χ0n) is 10.5. The van der Waals surface area contributed by atoms with E-state index in [0.717, 1.165) is 16.7 Å². The lowest BCUT2D eigenvalue weighted by Crippen LogP contribution is -2.28. The molecule has 0 radical (unpaired) electrons. The number of carbonyl (C=O) groups excluding carboxylic acids is 1. The van der Waals surface area contributed by atoms with Crippen LogP contribution in [0.1, 0.15) is 29.7 Å². The van der Waals surface area contributed by atoms with E-state index < -0.39 is 6.09 Å². The summed E-state index contributed by atoms with van der Waals surface area (Å²) in [6, 6.07) is 6.00. The van der Waals surface area contributed by atoms with Gasteiger partial charge >= 0.3 is 6.09 Å². The van der Waals surface area contributed by atoms with Gasteiger partial charge in [0.1, 0.15) is 6.61 Å². The fraction of sp³-hybridized carbons (Fsp3) is 0.462. The van der Waals surface area contributed by atoms with Crippen molar-refractivity contribution in [1.82, 2.24) is 5.32 Å². The van der Waals surface area contributed by atoms with Gasteiger partial charge in [-0.15, -0.1) is 0 Å². The van der Waals surface area contributed by atoms with E-state index in [9.17, 15) is 4.79 Å². The first kappa shape index (κ1) is 13.5. The Morgan fingerprint density at radius 1 is 1.47 bits per heavy atom. The summed E-state index contributed by atoms with van der Waals surface area (Å²) in [4.78, 5) is 11.3. The molecule has 0 saturated carbocycles. The topological polar surface area (TPSA) is 58.6 Å². The predicted octanol–water partition coefficient (Wildman–Crippen LogP) is 2.08. The normalized spacial score (nSPS) is 12.0. The van der Waals surface area contributed by atoms with Crippen LogP contribution in [0.15, 0.2) is 18.2 Å². The minimum Gasteiger partial charge on any atom is -0.447 e. The summed E-state index contributed by atoms with van der Waals surface area (Å²) in [6.07, 6.45) is -0.507. The highest BCUT2D eigenvalue weighted by molar-refractivity contribution is 5.68. The Bertz CT molecular complexity index is 390. The minimum absolute atomic E-state index is 0.0192. The lowest BCUT2D eigenvalue weighted by Gasteiger charge is -2.17. The number of aryl methyl sites for hydroxylation is 2. The van der Waals surface area contributed by atoms with Crippen LogP contribution < -0.4 is 5.32 Å². The number of rotatable bonds is 4. The Balaban J connectivity index is 2.66. The van der Waals surface area contributed by atoms with Gasteiger partial charge in [-0.25, -0.2) is 4.79 Å². The predicted molar refractivity (Wildman–Crippen MR) is 65.9 cm³/mol. The molecule has 0 bridgehead atoms. The van der Waals surface area contributed by atoms with Crippen molar-refractivity contribution in [2.45, 2.75) is 26.8 Å². The quantitative estimate of drug-likeness (QED) is 0.843. The molecule has 1 amide bonds. The van der Waals surface area contributed by atoms with Crippen molar-refractivity contribution < 1.29 is 14.6 Å². The summed E-state index contributed by atoms with van der Waals surface area (Å²) in [5.41, 5.74) is 3.36. The van der Waals surface area contributed by atoms with Gasteiger partial charge in [-0.05, 0) is 31.9 Å². The van der Waals surface area contributed by atoms with Crippen molar-refractivity contribution in [1.29, 1.82) is 0 Å². The third kappa shape index (κ3) is 4.07. The molecule has 1 atom stereocenters. The van der Waals surface area contributed by atoms with Gasteiger partial charge in [0.25, 0.3) is 0 Å². The summed E-state index contributed by atoms with van der Waals surface area (Å²) in [5.74, 6) is 0. The molecular formula is C13H19NO3. The maximum atomic E-state index is 11.3. The Morgan fingerprint density at radius 2 is 2.18 bits per heavy atom. The molecule has 0 aliphatic rings. The Hall–Kier alpha value is -1.55. The molecule has 0 aromatic heterocycles. The lowest BCUT2D eigenvalue weighted by molar-refractivity contribution is 0.116. The second kappa shape index (κ2) is 6.25. The van der Waals surface area contributed by atoms with E-state index in [1.807, 2.05) is 39.0 Å². The third-order valence-corrected chi connectivity index (χ3v) is 2.56. The average Bonchev–Trinajstić information content (AvgIpc) is 2.29. The van der Waals surface area contributed by atoms with Crippen molar-refractivity contribution in [2.24, 2.45) is 0 Å². The van der Waals surface area contributed by atoms with Crippen LogP contribution in [-0.2, 0) is 4.74 Å². The molecule has 1 unspecified atom stereocenters. The van der Waals surface area contributed by atoms with Crippen molar-refractivity contribution >= 4 is 6.09 Å². The molecule has 0 heterocycles. The molecule has 0 aliphatic heterocycles. The van der Waals surface area contributed by atoms with Gasteiger partial charge in [0.05, 0.1) is 12.6 Å². The zero-order chi connectivity index (χ0) is 12.8. The van der Waals surface area contributed by atoms with Gasteiger partial charge < -0.3 is 15.2 Å². The van der Waals surface area contributed by atoms with Crippen LogP contribution in [0, 0.1) is 13.8 Å². The molecule has 0 saturated heterocycles. The van der Waals surface area contributed by atoms with Crippen LogP contribution in [0.25, 0.3) is 0 Å². The summed E-state index contributed by atoms with van der Waals surface area (Å²) < 4.78 is 4.75. The van der Waals surface area contributed by atoms with Gasteiger partial charge in [-0.1, -0.05) is 23.8 Å². The van der Waals surface area contributed by atoms with Crippen molar-refractivity contribution in [3.05, 3.63) is 34.9 Å². The SMILES string of the molecule is Cc1ccc(C)c(C(C)NC(=O)OCCO)c1. The number of benzene rings is 1. The van der Waals surface area contributed by atoms with Gasteiger partial charge in [-0.3, -0.25) is 0 Å². The molecule has 2 N–H and O–H groups in total. The monoisotopic (exact) mass is 237 g/mol. The molecule has 17 heavy (non-hydrogen) atoms. The highest BCUT2D eigenvalue weighted by atomic mass is 16.6. The largest absolute Gasteiger partial charge is 0.447 e. The maximum absolute atomic E-state index is 11.3.